The summed E-state index contributed by atoms with van der Waals surface area (Å²) < 4.78 is 0. The molecule has 6 heteroatoms. The minimum Gasteiger partial charge on any atom is -0.481 e. The molecule has 2 N–H and O–H groups in total. The van der Waals surface area contributed by atoms with Gasteiger partial charge in [-0.3, -0.25) is 14.4 Å². The number of aliphatic carboxylic acids is 1. The number of nitrogens with zero attached hydrogens (tertiary/aromatic N) is 1. The van der Waals surface area contributed by atoms with Crippen molar-refractivity contribution in [1.82, 2.24) is 10.2 Å². The number of hydrogen-bond acceptors (Lipinski definition) is 3. The Labute approximate surface area is 99.0 Å². The van der Waals surface area contributed by atoms with Crippen molar-refractivity contribution < 1.29 is 19.5 Å². The van der Waals surface area contributed by atoms with Crippen LogP contribution in [0.3, 0.4) is 0 Å². The first-order valence-corrected chi connectivity index (χ1v) is 5.81. The highest BCUT2D eigenvalue weighted by Gasteiger charge is 2.51. The van der Waals surface area contributed by atoms with Gasteiger partial charge in [-0.15, -0.1) is 0 Å². The molecule has 0 radical (unpaired) electrons. The topological polar surface area (TPSA) is 86.7 Å². The summed E-state index contributed by atoms with van der Waals surface area (Å²) in [5, 5.41) is 11.3. The van der Waals surface area contributed by atoms with Crippen molar-refractivity contribution >= 4 is 17.8 Å². The van der Waals surface area contributed by atoms with Crippen molar-refractivity contribution in [1.29, 1.82) is 0 Å². The number of amides is 2. The predicted molar refractivity (Wildman–Crippen MR) is 58.0 cm³/mol. The van der Waals surface area contributed by atoms with Crippen LogP contribution >= 0.6 is 0 Å². The Morgan fingerprint density at radius 3 is 2.53 bits per heavy atom. The summed E-state index contributed by atoms with van der Waals surface area (Å²) >= 11 is 0. The van der Waals surface area contributed by atoms with E-state index in [0.29, 0.717) is 19.4 Å². The Kier molecular flexibility index (Phi) is 3.04. The van der Waals surface area contributed by atoms with Crippen LogP contribution in [0.5, 0.6) is 0 Å². The molecule has 2 amide bonds. The second-order valence-corrected chi connectivity index (χ2v) is 4.59. The second-order valence-electron chi connectivity index (χ2n) is 4.59. The molecule has 0 aromatic heterocycles. The van der Waals surface area contributed by atoms with E-state index in [1.165, 1.54) is 4.90 Å². The monoisotopic (exact) mass is 240 g/mol. The van der Waals surface area contributed by atoms with E-state index in [2.05, 4.69) is 5.32 Å². The SMILES string of the molecule is CNC(=O)[C@@H]1CCCN1C(=O)[C@H]1C[C@H]1C(=O)O. The number of carbonyl (C=O) groups excluding carboxylic acids is 2. The highest BCUT2D eigenvalue weighted by molar-refractivity contribution is 5.93. The van der Waals surface area contributed by atoms with Gasteiger partial charge in [0.1, 0.15) is 6.04 Å². The molecular formula is C11H16N2O4. The van der Waals surface area contributed by atoms with Gasteiger partial charge in [-0.1, -0.05) is 0 Å². The van der Waals surface area contributed by atoms with Gasteiger partial charge >= 0.3 is 5.97 Å². The van der Waals surface area contributed by atoms with Gasteiger partial charge in [0, 0.05) is 13.6 Å². The van der Waals surface area contributed by atoms with Crippen LogP contribution < -0.4 is 5.32 Å². The van der Waals surface area contributed by atoms with Crippen LogP contribution in [0.15, 0.2) is 0 Å². The van der Waals surface area contributed by atoms with E-state index in [4.69, 9.17) is 5.11 Å². The fraction of sp³-hybridized carbons (Fsp3) is 0.727. The molecule has 3 atom stereocenters. The number of likely N-dealkylation sites (N-methyl/N-ethyl adjacent to an activating group) is 1. The van der Waals surface area contributed by atoms with Gasteiger partial charge in [0.25, 0.3) is 0 Å². The third-order valence-corrected chi connectivity index (χ3v) is 3.51. The predicted octanol–water partition coefficient (Wildman–Crippen LogP) is -0.556. The summed E-state index contributed by atoms with van der Waals surface area (Å²) in [4.78, 5) is 35.8. The van der Waals surface area contributed by atoms with Crippen LogP contribution in [0.25, 0.3) is 0 Å². The third-order valence-electron chi connectivity index (χ3n) is 3.51. The zero-order valence-electron chi connectivity index (χ0n) is 9.68. The first-order chi connectivity index (χ1) is 8.06. The molecule has 0 spiro atoms. The Morgan fingerprint density at radius 1 is 1.29 bits per heavy atom. The van der Waals surface area contributed by atoms with E-state index in [1.54, 1.807) is 7.05 Å². The molecule has 0 aromatic rings. The van der Waals surface area contributed by atoms with Gasteiger partial charge in [-0.25, -0.2) is 0 Å². The average molecular weight is 240 g/mol. The lowest BCUT2D eigenvalue weighted by Crippen LogP contribution is -2.45. The lowest BCUT2D eigenvalue weighted by molar-refractivity contribution is -0.143. The third kappa shape index (κ3) is 2.11. The van der Waals surface area contributed by atoms with E-state index >= 15 is 0 Å². The summed E-state index contributed by atoms with van der Waals surface area (Å²) in [5.41, 5.74) is 0. The van der Waals surface area contributed by atoms with Crippen molar-refractivity contribution in [2.45, 2.75) is 25.3 Å². The fourth-order valence-corrected chi connectivity index (χ4v) is 2.42. The standard InChI is InChI=1S/C11H16N2O4/c1-12-9(14)8-3-2-4-13(8)10(15)6-5-7(6)11(16)17/h6-8H,2-5H2,1H3,(H,12,14)(H,16,17)/t6-,7+,8-/m0/s1. The molecule has 17 heavy (non-hydrogen) atoms. The normalized spacial score (nSPS) is 31.1. The van der Waals surface area contributed by atoms with Crippen LogP contribution in [-0.2, 0) is 14.4 Å². The maximum Gasteiger partial charge on any atom is 0.307 e. The van der Waals surface area contributed by atoms with Crippen molar-refractivity contribution in [2.24, 2.45) is 11.8 Å². The van der Waals surface area contributed by atoms with Crippen LogP contribution in [0, 0.1) is 11.8 Å². The summed E-state index contributed by atoms with van der Waals surface area (Å²) in [6, 6.07) is -0.414. The molecule has 2 aliphatic rings. The highest BCUT2D eigenvalue weighted by Crippen LogP contribution is 2.41. The Morgan fingerprint density at radius 2 is 2.00 bits per heavy atom. The Balaban J connectivity index is 2.00. The van der Waals surface area contributed by atoms with Crippen molar-refractivity contribution in [3.8, 4) is 0 Å². The van der Waals surface area contributed by atoms with Crippen molar-refractivity contribution in [3.63, 3.8) is 0 Å². The van der Waals surface area contributed by atoms with Crippen molar-refractivity contribution in [2.75, 3.05) is 13.6 Å². The molecule has 1 aliphatic heterocycles. The molecule has 1 aliphatic carbocycles. The first kappa shape index (κ1) is 11.9. The Hall–Kier alpha value is -1.59. The lowest BCUT2D eigenvalue weighted by atomic mass is 10.2. The number of rotatable bonds is 3. The molecule has 1 heterocycles. The molecule has 1 saturated heterocycles. The van der Waals surface area contributed by atoms with Gasteiger partial charge in [-0.2, -0.15) is 0 Å². The molecule has 94 valence electrons. The number of likely N-dealkylation sites (tertiary alicyclic amines) is 1. The minimum absolute atomic E-state index is 0.164. The van der Waals surface area contributed by atoms with Gasteiger partial charge in [0.15, 0.2) is 0 Å². The van der Waals surface area contributed by atoms with Gasteiger partial charge in [0.05, 0.1) is 11.8 Å². The number of nitrogens with one attached hydrogen (secondary N) is 1. The molecule has 2 fully saturated rings. The van der Waals surface area contributed by atoms with E-state index in [0.717, 1.165) is 6.42 Å². The maximum atomic E-state index is 12.0. The molecular weight excluding hydrogens is 224 g/mol. The lowest BCUT2D eigenvalue weighted by Gasteiger charge is -2.23. The smallest absolute Gasteiger partial charge is 0.307 e. The summed E-state index contributed by atoms with van der Waals surface area (Å²) in [5.74, 6) is -2.22. The van der Waals surface area contributed by atoms with E-state index < -0.39 is 23.8 Å². The summed E-state index contributed by atoms with van der Waals surface area (Å²) in [6.45, 7) is 0.555. The molecule has 0 unspecified atom stereocenters. The molecule has 2 rings (SSSR count). The number of hydrogen-bond donors (Lipinski definition) is 2. The quantitative estimate of drug-likeness (QED) is 0.692. The zero-order valence-corrected chi connectivity index (χ0v) is 9.68. The fourth-order valence-electron chi connectivity index (χ4n) is 2.42. The van der Waals surface area contributed by atoms with Crippen LogP contribution in [0.4, 0.5) is 0 Å². The molecule has 6 nitrogen and oxygen atoms in total. The van der Waals surface area contributed by atoms with Gasteiger partial charge < -0.3 is 15.3 Å². The number of carboxylic acid groups (broad SMARTS) is 1. The van der Waals surface area contributed by atoms with E-state index in [-0.39, 0.29) is 11.8 Å². The first-order valence-electron chi connectivity index (χ1n) is 5.81. The zero-order chi connectivity index (χ0) is 12.6. The van der Waals surface area contributed by atoms with E-state index in [9.17, 15) is 14.4 Å². The molecule has 1 saturated carbocycles. The largest absolute Gasteiger partial charge is 0.481 e. The number of carboxylic acids is 1. The van der Waals surface area contributed by atoms with Crippen molar-refractivity contribution in [3.05, 3.63) is 0 Å². The highest BCUT2D eigenvalue weighted by atomic mass is 16.4. The van der Waals surface area contributed by atoms with Gasteiger partial charge in [0.2, 0.25) is 11.8 Å². The Bertz CT molecular complexity index is 368. The minimum atomic E-state index is -0.918. The maximum absolute atomic E-state index is 12.0. The molecule has 0 bridgehead atoms. The van der Waals surface area contributed by atoms with Crippen LogP contribution in [0.2, 0.25) is 0 Å². The van der Waals surface area contributed by atoms with Crippen LogP contribution in [0.1, 0.15) is 19.3 Å². The average Bonchev–Trinajstić information content (AvgIpc) is 2.97. The van der Waals surface area contributed by atoms with Gasteiger partial charge in [-0.05, 0) is 19.3 Å². The van der Waals surface area contributed by atoms with E-state index in [1.807, 2.05) is 0 Å². The summed E-state index contributed by atoms with van der Waals surface area (Å²) in [7, 11) is 1.54. The second kappa shape index (κ2) is 4.35. The molecule has 0 aromatic carbocycles. The van der Waals surface area contributed by atoms with Crippen LogP contribution in [-0.4, -0.2) is 47.4 Å². The summed E-state index contributed by atoms with van der Waals surface area (Å²) in [6.07, 6.45) is 1.87. The number of carbonyl (C=O) groups is 3.